The van der Waals surface area contributed by atoms with Crippen molar-refractivity contribution in [3.8, 4) is 11.6 Å². The molecule has 1 aliphatic rings. The molecule has 0 aliphatic heterocycles. The Morgan fingerprint density at radius 1 is 1.12 bits per heavy atom. The van der Waals surface area contributed by atoms with Gasteiger partial charge in [0.05, 0.1) is 39.6 Å². The van der Waals surface area contributed by atoms with Gasteiger partial charge in [0.2, 0.25) is 5.88 Å². The number of hydrogen-bond acceptors (Lipinski definition) is 6. The van der Waals surface area contributed by atoms with E-state index in [9.17, 15) is 23.5 Å². The molecule has 41 heavy (non-hydrogen) atoms. The maximum Gasteiger partial charge on any atom is 0.333 e. The Balaban J connectivity index is 1.28. The van der Waals surface area contributed by atoms with Crippen molar-refractivity contribution >= 4 is 28.5 Å². The van der Waals surface area contributed by atoms with Crippen molar-refractivity contribution < 1.29 is 23.4 Å². The first-order valence-electron chi connectivity index (χ1n) is 13.4. The van der Waals surface area contributed by atoms with E-state index in [2.05, 4.69) is 15.3 Å². The Hall–Kier alpha value is -3.83. The molecule has 9 nitrogen and oxygen atoms in total. The van der Waals surface area contributed by atoms with Crippen LogP contribution in [-0.4, -0.2) is 48.9 Å². The number of imidazole rings is 1. The predicted octanol–water partition coefficient (Wildman–Crippen LogP) is 4.92. The van der Waals surface area contributed by atoms with Gasteiger partial charge in [-0.1, -0.05) is 23.7 Å². The highest BCUT2D eigenvalue weighted by Gasteiger charge is 2.27. The van der Waals surface area contributed by atoms with Gasteiger partial charge in [0.25, 0.3) is 12.3 Å². The average Bonchev–Trinajstić information content (AvgIpc) is 3.23. The highest BCUT2D eigenvalue weighted by molar-refractivity contribution is 6.30. The number of aliphatic hydroxyl groups is 1. The van der Waals surface area contributed by atoms with Crippen LogP contribution in [0, 0.1) is 5.92 Å². The third kappa shape index (κ3) is 6.41. The van der Waals surface area contributed by atoms with Gasteiger partial charge in [-0.05, 0) is 62.8 Å². The zero-order chi connectivity index (χ0) is 29.1. The molecule has 1 aromatic carbocycles. The van der Waals surface area contributed by atoms with E-state index in [1.165, 1.54) is 6.07 Å². The summed E-state index contributed by atoms with van der Waals surface area (Å²) in [5.74, 6) is -0.0692. The number of alkyl halides is 2. The van der Waals surface area contributed by atoms with Crippen molar-refractivity contribution in [2.75, 3.05) is 6.61 Å². The largest absolute Gasteiger partial charge is 0.475 e. The van der Waals surface area contributed by atoms with E-state index < -0.39 is 24.1 Å². The molecule has 2 N–H and O–H groups in total. The molecule has 4 aromatic rings. The summed E-state index contributed by atoms with van der Waals surface area (Å²) in [5, 5.41) is 12.4. The fraction of sp³-hybridized carbons (Fsp3) is 0.379. The fourth-order valence-electron chi connectivity index (χ4n) is 5.25. The second kappa shape index (κ2) is 12.4. The Labute approximate surface area is 239 Å². The molecular weight excluding hydrogens is 556 g/mol. The number of amides is 1. The molecule has 3 heterocycles. The van der Waals surface area contributed by atoms with Crippen LogP contribution < -0.4 is 15.7 Å². The molecule has 0 unspecified atom stereocenters. The minimum Gasteiger partial charge on any atom is -0.475 e. The molecule has 0 bridgehead atoms. The summed E-state index contributed by atoms with van der Waals surface area (Å²) in [5.41, 5.74) is 1.16. The smallest absolute Gasteiger partial charge is 0.333 e. The maximum absolute atomic E-state index is 13.6. The number of aromatic nitrogens is 4. The Bertz CT molecular complexity index is 1580. The van der Waals surface area contributed by atoms with E-state index in [1.807, 2.05) is 24.3 Å². The lowest BCUT2D eigenvalue weighted by molar-refractivity contribution is 0.0904. The first-order valence-corrected chi connectivity index (χ1v) is 13.8. The standard InChI is InChI=1S/C29H30ClF2N5O4/c1-17(38)16-41-25-11-10-21(14-33-25)37-24-5-3-2-4-23(24)36(29(37)40)15-18-6-8-20(9-7-18)35-28(39)22-12-19(30)13-34-26(22)27(31)32/h2-5,10-14,17-18,20,27,38H,6-9,15-16H2,1H3,(H,35,39)/t17-,18-,20-/m0/s1. The minimum atomic E-state index is -2.89. The predicted molar refractivity (Wildman–Crippen MR) is 150 cm³/mol. The number of hydrogen-bond donors (Lipinski definition) is 2. The van der Waals surface area contributed by atoms with Crippen molar-refractivity contribution in [3.63, 3.8) is 0 Å². The first-order chi connectivity index (χ1) is 19.7. The second-order valence-corrected chi connectivity index (χ2v) is 10.7. The van der Waals surface area contributed by atoms with E-state index in [-0.39, 0.29) is 34.8 Å². The van der Waals surface area contributed by atoms with Crippen LogP contribution >= 0.6 is 11.6 Å². The number of rotatable bonds is 9. The Morgan fingerprint density at radius 3 is 2.51 bits per heavy atom. The lowest BCUT2D eigenvalue weighted by Gasteiger charge is -2.29. The van der Waals surface area contributed by atoms with Crippen LogP contribution in [0.5, 0.6) is 5.88 Å². The molecule has 3 aromatic heterocycles. The summed E-state index contributed by atoms with van der Waals surface area (Å²) < 4.78 is 35.5. The average molecular weight is 586 g/mol. The third-order valence-electron chi connectivity index (χ3n) is 7.25. The number of pyridine rings is 2. The molecule has 5 rings (SSSR count). The molecule has 0 spiro atoms. The topological polar surface area (TPSA) is 111 Å². The summed E-state index contributed by atoms with van der Waals surface area (Å²) >= 11 is 5.90. The lowest BCUT2D eigenvalue weighted by Crippen LogP contribution is -2.39. The number of ether oxygens (including phenoxy) is 1. The van der Waals surface area contributed by atoms with Crippen LogP contribution in [-0.2, 0) is 6.54 Å². The summed E-state index contributed by atoms with van der Waals surface area (Å²) in [6.45, 7) is 2.24. The van der Waals surface area contributed by atoms with Gasteiger partial charge in [-0.15, -0.1) is 0 Å². The number of benzene rings is 1. The molecule has 1 amide bonds. The van der Waals surface area contributed by atoms with E-state index in [1.54, 1.807) is 34.4 Å². The van der Waals surface area contributed by atoms with Crippen molar-refractivity contribution in [3.05, 3.63) is 81.6 Å². The Kier molecular flexibility index (Phi) is 8.65. The molecule has 12 heteroatoms. The first kappa shape index (κ1) is 28.7. The van der Waals surface area contributed by atoms with Gasteiger partial charge in [0, 0.05) is 24.8 Å². The zero-order valence-corrected chi connectivity index (χ0v) is 23.1. The molecule has 1 saturated carbocycles. The highest BCUT2D eigenvalue weighted by atomic mass is 35.5. The van der Waals surface area contributed by atoms with E-state index in [4.69, 9.17) is 16.3 Å². The molecule has 0 radical (unpaired) electrons. The number of fused-ring (bicyclic) bond motifs is 1. The van der Waals surface area contributed by atoms with E-state index >= 15 is 0 Å². The molecule has 0 saturated heterocycles. The van der Waals surface area contributed by atoms with Crippen LogP contribution in [0.4, 0.5) is 8.78 Å². The molecule has 1 aliphatic carbocycles. The van der Waals surface area contributed by atoms with Crippen LogP contribution in [0.3, 0.4) is 0 Å². The van der Waals surface area contributed by atoms with Crippen LogP contribution in [0.25, 0.3) is 16.7 Å². The van der Waals surface area contributed by atoms with Crippen molar-refractivity contribution in [2.45, 2.75) is 57.7 Å². The van der Waals surface area contributed by atoms with Gasteiger partial charge >= 0.3 is 5.69 Å². The van der Waals surface area contributed by atoms with Crippen LogP contribution in [0.2, 0.25) is 5.02 Å². The van der Waals surface area contributed by atoms with Crippen molar-refractivity contribution in [1.29, 1.82) is 0 Å². The number of carbonyl (C=O) groups excluding carboxylic acids is 1. The van der Waals surface area contributed by atoms with Crippen molar-refractivity contribution in [2.24, 2.45) is 5.92 Å². The molecular formula is C29H30ClF2N5O4. The lowest BCUT2D eigenvalue weighted by atomic mass is 9.85. The summed E-state index contributed by atoms with van der Waals surface area (Å²) in [6.07, 6.45) is 1.97. The molecule has 1 fully saturated rings. The number of aliphatic hydroxyl groups excluding tert-OH is 1. The molecule has 216 valence electrons. The summed E-state index contributed by atoms with van der Waals surface area (Å²) in [4.78, 5) is 34.3. The van der Waals surface area contributed by atoms with Crippen LogP contribution in [0.15, 0.2) is 59.7 Å². The molecule has 1 atom stereocenters. The normalized spacial score (nSPS) is 18.0. The number of halogens is 3. The minimum absolute atomic E-state index is 0.115. The number of carbonyl (C=O) groups is 1. The Morgan fingerprint density at radius 2 is 1.85 bits per heavy atom. The maximum atomic E-state index is 13.6. The van der Waals surface area contributed by atoms with E-state index in [0.717, 1.165) is 30.1 Å². The van der Waals surface area contributed by atoms with E-state index in [0.29, 0.717) is 31.0 Å². The number of para-hydroxylation sites is 2. The van der Waals surface area contributed by atoms with Crippen molar-refractivity contribution in [1.82, 2.24) is 24.4 Å². The quantitative estimate of drug-likeness (QED) is 0.288. The number of nitrogens with one attached hydrogen (secondary N) is 1. The van der Waals surface area contributed by atoms with Gasteiger partial charge in [-0.2, -0.15) is 0 Å². The van der Waals surface area contributed by atoms with Gasteiger partial charge in [0.1, 0.15) is 12.3 Å². The second-order valence-electron chi connectivity index (χ2n) is 10.3. The third-order valence-corrected chi connectivity index (χ3v) is 7.45. The van der Waals surface area contributed by atoms with Crippen LogP contribution in [0.1, 0.15) is 55.1 Å². The fourth-order valence-corrected chi connectivity index (χ4v) is 5.40. The number of nitrogens with zero attached hydrogens (tertiary/aromatic N) is 4. The van der Waals surface area contributed by atoms with Gasteiger partial charge in [-0.3, -0.25) is 18.9 Å². The zero-order valence-electron chi connectivity index (χ0n) is 22.3. The highest BCUT2D eigenvalue weighted by Crippen LogP contribution is 2.29. The summed E-state index contributed by atoms with van der Waals surface area (Å²) in [7, 11) is 0. The van der Waals surface area contributed by atoms with Gasteiger partial charge < -0.3 is 15.2 Å². The van der Waals surface area contributed by atoms with Gasteiger partial charge in [0.15, 0.2) is 0 Å². The van der Waals surface area contributed by atoms with Gasteiger partial charge in [-0.25, -0.2) is 18.6 Å². The SMILES string of the molecule is C[C@H](O)COc1ccc(-n2c(=O)n(C[C@H]3CC[C@H](NC(=O)c4cc(Cl)cnc4C(F)F)CC3)c3ccccc32)cn1. The monoisotopic (exact) mass is 585 g/mol. The summed E-state index contributed by atoms with van der Waals surface area (Å²) in [6, 6.07) is 12.0.